The summed E-state index contributed by atoms with van der Waals surface area (Å²) in [6, 6.07) is 64.2. The molecule has 0 bridgehead atoms. The van der Waals surface area contributed by atoms with Crippen molar-refractivity contribution < 1.29 is 4.57 Å². The molecule has 2 heterocycles. The molecule has 8 aromatic carbocycles. The fourth-order valence-corrected chi connectivity index (χ4v) is 10.6. The number of aromatic nitrogens is 2. The summed E-state index contributed by atoms with van der Waals surface area (Å²) in [7, 11) is -3.19. The van der Waals surface area contributed by atoms with Crippen LogP contribution in [0.2, 0.25) is 0 Å². The van der Waals surface area contributed by atoms with Crippen LogP contribution in [0.5, 0.6) is 0 Å². The van der Waals surface area contributed by atoms with E-state index in [2.05, 4.69) is 109 Å². The lowest BCUT2D eigenvalue weighted by Gasteiger charge is -2.22. The number of hydrogen-bond acceptors (Lipinski definition) is 3. The Morgan fingerprint density at radius 3 is 1.50 bits per heavy atom. The van der Waals surface area contributed by atoms with E-state index in [0.717, 1.165) is 92.6 Å². The highest BCUT2D eigenvalue weighted by atomic mass is 31.2. The summed E-state index contributed by atoms with van der Waals surface area (Å²) in [5.74, 6) is 0. The molecule has 10 aromatic rings. The van der Waals surface area contributed by atoms with Crippen molar-refractivity contribution in [2.24, 2.45) is 0 Å². The summed E-state index contributed by atoms with van der Waals surface area (Å²) >= 11 is 0. The van der Waals surface area contributed by atoms with Crippen LogP contribution in [-0.4, -0.2) is 9.97 Å². The van der Waals surface area contributed by atoms with E-state index in [1.54, 1.807) is 0 Å². The molecule has 0 aliphatic carbocycles. The van der Waals surface area contributed by atoms with Crippen LogP contribution in [0.4, 0.5) is 0 Å². The molecule has 4 heteroatoms. The first-order valence-electron chi connectivity index (χ1n) is 17.5. The van der Waals surface area contributed by atoms with Crippen molar-refractivity contribution >= 4 is 77.3 Å². The minimum absolute atomic E-state index is 0.805. The van der Waals surface area contributed by atoms with Gasteiger partial charge in [0.25, 0.3) is 0 Å². The fraction of sp³-hybridized carbons (Fsp3) is 0. The topological polar surface area (TPSA) is 42.9 Å². The van der Waals surface area contributed by atoms with E-state index < -0.39 is 7.14 Å². The summed E-state index contributed by atoms with van der Waals surface area (Å²) in [5.41, 5.74) is 6.95. The SMILES string of the molecule is O=P(c1ccccc1)(c1ccccc1)c1cccc(-c2c3ccccc3c(-c3nc4ccccc4c4nc5ccccc5cc34)c3ccccc23)c1. The molecule has 0 aliphatic heterocycles. The summed E-state index contributed by atoms with van der Waals surface area (Å²) in [4.78, 5) is 10.7. The lowest BCUT2D eigenvalue weighted by atomic mass is 9.86. The fourth-order valence-electron chi connectivity index (χ4n) is 7.92. The van der Waals surface area contributed by atoms with Gasteiger partial charge < -0.3 is 4.57 Å². The predicted molar refractivity (Wildman–Crippen MR) is 220 cm³/mol. The predicted octanol–water partition coefficient (Wildman–Crippen LogP) is 11.2. The molecule has 0 fully saturated rings. The highest BCUT2D eigenvalue weighted by Crippen LogP contribution is 2.47. The molecule has 0 spiro atoms. The van der Waals surface area contributed by atoms with Gasteiger partial charge in [-0.15, -0.1) is 0 Å². The molecule has 0 N–H and O–H groups in total. The van der Waals surface area contributed by atoms with E-state index in [4.69, 9.17) is 9.97 Å². The normalized spacial score (nSPS) is 11.9. The van der Waals surface area contributed by atoms with Crippen LogP contribution >= 0.6 is 7.14 Å². The zero-order chi connectivity index (χ0) is 34.6. The first-order valence-corrected chi connectivity index (χ1v) is 19.2. The summed E-state index contributed by atoms with van der Waals surface area (Å²) < 4.78 is 15.5. The molecular formula is C48H31N2OP. The molecule has 3 nitrogen and oxygen atoms in total. The lowest BCUT2D eigenvalue weighted by molar-refractivity contribution is 0.592. The molecule has 0 amide bonds. The molecule has 0 atom stereocenters. The van der Waals surface area contributed by atoms with Crippen molar-refractivity contribution in [3.63, 3.8) is 0 Å². The molecule has 10 rings (SSSR count). The lowest BCUT2D eigenvalue weighted by Crippen LogP contribution is -2.25. The quantitative estimate of drug-likeness (QED) is 0.103. The van der Waals surface area contributed by atoms with Crippen molar-refractivity contribution in [3.05, 3.63) is 188 Å². The Labute approximate surface area is 301 Å². The molecular weight excluding hydrogens is 652 g/mol. The van der Waals surface area contributed by atoms with Crippen molar-refractivity contribution in [1.29, 1.82) is 0 Å². The van der Waals surface area contributed by atoms with Crippen molar-refractivity contribution in [3.8, 4) is 22.4 Å². The van der Waals surface area contributed by atoms with E-state index >= 15 is 4.57 Å². The van der Waals surface area contributed by atoms with E-state index in [9.17, 15) is 0 Å². The van der Waals surface area contributed by atoms with E-state index in [0.29, 0.717) is 0 Å². The van der Waals surface area contributed by atoms with Crippen molar-refractivity contribution in [1.82, 2.24) is 9.97 Å². The van der Waals surface area contributed by atoms with Crippen LogP contribution in [0.3, 0.4) is 0 Å². The number of pyridine rings is 2. The monoisotopic (exact) mass is 682 g/mol. The van der Waals surface area contributed by atoms with Crippen molar-refractivity contribution in [2.45, 2.75) is 0 Å². The molecule has 2 aromatic heterocycles. The maximum Gasteiger partial charge on any atom is 0.171 e. The van der Waals surface area contributed by atoms with Crippen LogP contribution in [0.15, 0.2) is 188 Å². The average molecular weight is 683 g/mol. The van der Waals surface area contributed by atoms with Gasteiger partial charge in [-0.3, -0.25) is 0 Å². The number of nitrogens with zero attached hydrogens (tertiary/aromatic N) is 2. The molecule has 244 valence electrons. The summed E-state index contributed by atoms with van der Waals surface area (Å²) in [5, 5.41) is 10.0. The molecule has 52 heavy (non-hydrogen) atoms. The van der Waals surface area contributed by atoms with Crippen LogP contribution in [0.1, 0.15) is 0 Å². The van der Waals surface area contributed by atoms with Gasteiger partial charge in [-0.2, -0.15) is 0 Å². The Morgan fingerprint density at radius 2 is 0.865 bits per heavy atom. The second kappa shape index (κ2) is 12.1. The van der Waals surface area contributed by atoms with Crippen molar-refractivity contribution in [2.75, 3.05) is 0 Å². The van der Waals surface area contributed by atoms with Crippen LogP contribution in [0.25, 0.3) is 76.6 Å². The van der Waals surface area contributed by atoms with Crippen LogP contribution < -0.4 is 15.9 Å². The number of fused-ring (bicyclic) bond motifs is 6. The Bertz CT molecular complexity index is 2950. The van der Waals surface area contributed by atoms with Gasteiger partial charge >= 0.3 is 0 Å². The zero-order valence-corrected chi connectivity index (χ0v) is 29.0. The summed E-state index contributed by atoms with van der Waals surface area (Å²) in [6.07, 6.45) is 0. The maximum absolute atomic E-state index is 15.5. The highest BCUT2D eigenvalue weighted by molar-refractivity contribution is 7.85. The zero-order valence-electron chi connectivity index (χ0n) is 28.1. The van der Waals surface area contributed by atoms with Gasteiger partial charge in [0.2, 0.25) is 0 Å². The van der Waals surface area contributed by atoms with Gasteiger partial charge in [0.05, 0.1) is 22.2 Å². The Balaban J connectivity index is 1.29. The van der Waals surface area contributed by atoms with Crippen LogP contribution in [0, 0.1) is 0 Å². The second-order valence-electron chi connectivity index (χ2n) is 13.2. The van der Waals surface area contributed by atoms with E-state index in [1.165, 1.54) is 0 Å². The second-order valence-corrected chi connectivity index (χ2v) is 16.0. The van der Waals surface area contributed by atoms with Gasteiger partial charge in [0.1, 0.15) is 0 Å². The third-order valence-corrected chi connectivity index (χ3v) is 13.3. The molecule has 0 radical (unpaired) electrons. The Morgan fingerprint density at radius 1 is 0.365 bits per heavy atom. The average Bonchev–Trinajstić information content (AvgIpc) is 3.22. The molecule has 0 unspecified atom stereocenters. The number of hydrogen-bond donors (Lipinski definition) is 0. The largest absolute Gasteiger partial charge is 0.309 e. The first kappa shape index (κ1) is 30.4. The van der Waals surface area contributed by atoms with Crippen LogP contribution in [-0.2, 0) is 4.57 Å². The van der Waals surface area contributed by atoms with E-state index in [-0.39, 0.29) is 0 Å². The standard InChI is InChI=1S/C48H31N2OP/c51-52(34-18-3-1-4-19-34,35-20-5-2-6-21-35)36-22-15-17-33(30-36)45-37-23-8-10-25-39(37)46(40-26-11-9-24-38(40)45)48-42-31-32-16-7-13-28-43(32)49-47(42)41-27-12-14-29-44(41)50-48/h1-31H. The van der Waals surface area contributed by atoms with Gasteiger partial charge in [-0.25, -0.2) is 9.97 Å². The minimum Gasteiger partial charge on any atom is -0.309 e. The Hall–Kier alpha value is -6.41. The Kier molecular flexibility index (Phi) is 7.09. The minimum atomic E-state index is -3.19. The smallest absolute Gasteiger partial charge is 0.171 e. The third-order valence-electron chi connectivity index (χ3n) is 10.3. The van der Waals surface area contributed by atoms with Gasteiger partial charge in [0, 0.05) is 37.6 Å². The number of para-hydroxylation sites is 2. The molecule has 0 saturated carbocycles. The number of rotatable bonds is 5. The van der Waals surface area contributed by atoms with Gasteiger partial charge in [-0.1, -0.05) is 164 Å². The molecule has 0 saturated heterocycles. The first-order chi connectivity index (χ1) is 25.7. The van der Waals surface area contributed by atoms with Gasteiger partial charge in [0.15, 0.2) is 7.14 Å². The maximum atomic E-state index is 15.5. The third kappa shape index (κ3) is 4.71. The number of benzene rings is 8. The molecule has 0 aliphatic rings. The highest BCUT2D eigenvalue weighted by Gasteiger charge is 2.30. The van der Waals surface area contributed by atoms with Gasteiger partial charge in [-0.05, 0) is 56.9 Å². The van der Waals surface area contributed by atoms with E-state index in [1.807, 2.05) is 78.9 Å². The summed E-state index contributed by atoms with van der Waals surface area (Å²) in [6.45, 7) is 0.